The van der Waals surface area contributed by atoms with E-state index < -0.39 is 11.9 Å². The number of nitrogens with zero attached hydrogens (tertiary/aromatic N) is 3. The Hall–Kier alpha value is -2.38. The normalized spacial score (nSPS) is 19.4. The van der Waals surface area contributed by atoms with Crippen LogP contribution in [0.2, 0.25) is 10.0 Å². The number of ether oxygens (including phenoxy) is 1. The van der Waals surface area contributed by atoms with Gasteiger partial charge in [-0.1, -0.05) is 36.2 Å². The Morgan fingerprint density at radius 1 is 1.19 bits per heavy atom. The molecule has 1 amide bonds. The van der Waals surface area contributed by atoms with Crippen LogP contribution in [0.1, 0.15) is 17.4 Å². The number of benzene rings is 1. The van der Waals surface area contributed by atoms with Crippen LogP contribution in [0.4, 0.5) is 0 Å². The highest BCUT2D eigenvalue weighted by molar-refractivity contribution is 6.42. The summed E-state index contributed by atoms with van der Waals surface area (Å²) >= 11 is 12.0. The van der Waals surface area contributed by atoms with Gasteiger partial charge in [-0.25, -0.2) is 0 Å². The molecule has 0 spiro atoms. The summed E-state index contributed by atoms with van der Waals surface area (Å²) in [4.78, 5) is 25.1. The van der Waals surface area contributed by atoms with Gasteiger partial charge in [0.15, 0.2) is 5.69 Å². The van der Waals surface area contributed by atoms with Gasteiger partial charge in [-0.05, 0) is 24.1 Å². The van der Waals surface area contributed by atoms with Crippen LogP contribution in [0.15, 0.2) is 30.3 Å². The van der Waals surface area contributed by atoms with E-state index >= 15 is 0 Å². The molecule has 2 heterocycles. The third-order valence-electron chi connectivity index (χ3n) is 4.21. The third-order valence-corrected chi connectivity index (χ3v) is 5.01. The van der Waals surface area contributed by atoms with Crippen molar-refractivity contribution < 1.29 is 19.4 Å². The van der Waals surface area contributed by atoms with E-state index in [-0.39, 0.29) is 35.0 Å². The molecule has 1 saturated heterocycles. The van der Waals surface area contributed by atoms with Crippen molar-refractivity contribution in [2.45, 2.75) is 6.92 Å². The molecule has 1 fully saturated rings. The van der Waals surface area contributed by atoms with Gasteiger partial charge in [-0.3, -0.25) is 9.59 Å². The molecule has 2 aromatic rings. The van der Waals surface area contributed by atoms with E-state index in [9.17, 15) is 9.59 Å². The lowest BCUT2D eigenvalue weighted by Gasteiger charge is -2.15. The Balaban J connectivity index is 1.71. The first-order valence-electron chi connectivity index (χ1n) is 7.84. The van der Waals surface area contributed by atoms with Gasteiger partial charge in [0.1, 0.15) is 10.8 Å². The standard InChI is InChI=1S/C17H15Cl2N3O4/c1-9-7-22(8-10(9)17(24)25)16(23)12-5-6-14(21-20-12)26-13-4-2-3-11(18)15(13)19/h2-6,9-10H,7-8H2,1H3,(H,24,25)/t9-,10-/m1/s1. The van der Waals surface area contributed by atoms with Crippen molar-refractivity contribution in [2.24, 2.45) is 11.8 Å². The highest BCUT2D eigenvalue weighted by atomic mass is 35.5. The van der Waals surface area contributed by atoms with E-state index in [0.717, 1.165) is 0 Å². The molecule has 1 N–H and O–H groups in total. The van der Waals surface area contributed by atoms with Crippen molar-refractivity contribution in [1.82, 2.24) is 15.1 Å². The molecule has 0 aliphatic carbocycles. The SMILES string of the molecule is C[C@@H]1CN(C(=O)c2ccc(Oc3cccc(Cl)c3Cl)nn2)C[C@H]1C(=O)O. The molecule has 0 saturated carbocycles. The van der Waals surface area contributed by atoms with Crippen LogP contribution in [0.5, 0.6) is 11.6 Å². The molecule has 1 aromatic carbocycles. The predicted octanol–water partition coefficient (Wildman–Crippen LogP) is 3.37. The summed E-state index contributed by atoms with van der Waals surface area (Å²) in [5.41, 5.74) is 0.118. The maximum Gasteiger partial charge on any atom is 0.308 e. The van der Waals surface area contributed by atoms with E-state index in [0.29, 0.717) is 17.3 Å². The lowest BCUT2D eigenvalue weighted by molar-refractivity contribution is -0.142. The number of carboxylic acids is 1. The molecule has 0 unspecified atom stereocenters. The minimum absolute atomic E-state index is 0.114. The average Bonchev–Trinajstić information content (AvgIpc) is 3.01. The zero-order valence-electron chi connectivity index (χ0n) is 13.7. The second-order valence-corrected chi connectivity index (χ2v) is 6.83. The monoisotopic (exact) mass is 395 g/mol. The number of amides is 1. The lowest BCUT2D eigenvalue weighted by Crippen LogP contribution is -2.30. The van der Waals surface area contributed by atoms with Crippen molar-refractivity contribution in [2.75, 3.05) is 13.1 Å². The number of carboxylic acid groups (broad SMARTS) is 1. The second kappa shape index (κ2) is 7.47. The highest BCUT2D eigenvalue weighted by Gasteiger charge is 2.37. The topological polar surface area (TPSA) is 92.6 Å². The first-order valence-corrected chi connectivity index (χ1v) is 8.60. The van der Waals surface area contributed by atoms with Crippen molar-refractivity contribution in [1.29, 1.82) is 0 Å². The van der Waals surface area contributed by atoms with Crippen molar-refractivity contribution in [3.63, 3.8) is 0 Å². The van der Waals surface area contributed by atoms with Crippen LogP contribution >= 0.6 is 23.2 Å². The molecule has 2 atom stereocenters. The van der Waals surface area contributed by atoms with Crippen LogP contribution < -0.4 is 4.74 Å². The zero-order chi connectivity index (χ0) is 18.8. The van der Waals surface area contributed by atoms with Gasteiger partial charge in [0, 0.05) is 19.2 Å². The van der Waals surface area contributed by atoms with Gasteiger partial charge in [-0.2, -0.15) is 0 Å². The number of aromatic nitrogens is 2. The number of hydrogen-bond donors (Lipinski definition) is 1. The summed E-state index contributed by atoms with van der Waals surface area (Å²) < 4.78 is 5.52. The van der Waals surface area contributed by atoms with E-state index in [2.05, 4.69) is 10.2 Å². The summed E-state index contributed by atoms with van der Waals surface area (Å²) in [6, 6.07) is 7.91. The second-order valence-electron chi connectivity index (χ2n) is 6.04. The molecular formula is C17H15Cl2N3O4. The Morgan fingerprint density at radius 2 is 1.96 bits per heavy atom. The molecular weight excluding hydrogens is 381 g/mol. The molecule has 1 aromatic heterocycles. The quantitative estimate of drug-likeness (QED) is 0.852. The maximum absolute atomic E-state index is 12.5. The fourth-order valence-corrected chi connectivity index (χ4v) is 3.11. The zero-order valence-corrected chi connectivity index (χ0v) is 15.2. The molecule has 0 radical (unpaired) electrons. The summed E-state index contributed by atoms with van der Waals surface area (Å²) in [7, 11) is 0. The van der Waals surface area contributed by atoms with Crippen molar-refractivity contribution in [3.05, 3.63) is 46.1 Å². The molecule has 136 valence electrons. The number of aliphatic carboxylic acids is 1. The number of halogens is 2. The van der Waals surface area contributed by atoms with Crippen LogP contribution in [0.25, 0.3) is 0 Å². The van der Waals surface area contributed by atoms with Crippen LogP contribution in [-0.4, -0.2) is 45.2 Å². The van der Waals surface area contributed by atoms with Crippen molar-refractivity contribution >= 4 is 35.1 Å². The Morgan fingerprint density at radius 3 is 2.58 bits per heavy atom. The largest absolute Gasteiger partial charge is 0.481 e. The predicted molar refractivity (Wildman–Crippen MR) is 94.8 cm³/mol. The lowest BCUT2D eigenvalue weighted by atomic mass is 9.99. The highest BCUT2D eigenvalue weighted by Crippen LogP contribution is 2.34. The Bertz CT molecular complexity index is 844. The van der Waals surface area contributed by atoms with Crippen LogP contribution in [0, 0.1) is 11.8 Å². The number of carbonyl (C=O) groups is 2. The molecule has 9 heteroatoms. The fraction of sp³-hybridized carbons (Fsp3) is 0.294. The van der Waals surface area contributed by atoms with E-state index in [4.69, 9.17) is 33.0 Å². The summed E-state index contributed by atoms with van der Waals surface area (Å²) in [5.74, 6) is -1.47. The number of rotatable bonds is 4. The van der Waals surface area contributed by atoms with Gasteiger partial charge < -0.3 is 14.7 Å². The Kier molecular flexibility index (Phi) is 5.29. The molecule has 0 bridgehead atoms. The number of hydrogen-bond acceptors (Lipinski definition) is 5. The number of carbonyl (C=O) groups excluding carboxylic acids is 1. The van der Waals surface area contributed by atoms with E-state index in [1.165, 1.54) is 17.0 Å². The molecule has 1 aliphatic rings. The van der Waals surface area contributed by atoms with Gasteiger partial charge in [-0.15, -0.1) is 10.2 Å². The average molecular weight is 396 g/mol. The van der Waals surface area contributed by atoms with Crippen molar-refractivity contribution in [3.8, 4) is 11.6 Å². The fourth-order valence-electron chi connectivity index (χ4n) is 2.78. The van der Waals surface area contributed by atoms with Gasteiger partial charge in [0.05, 0.1) is 10.9 Å². The van der Waals surface area contributed by atoms with Crippen LogP contribution in [0.3, 0.4) is 0 Å². The van der Waals surface area contributed by atoms with Gasteiger partial charge in [0.2, 0.25) is 5.88 Å². The summed E-state index contributed by atoms with van der Waals surface area (Å²) in [5, 5.41) is 17.5. The summed E-state index contributed by atoms with van der Waals surface area (Å²) in [6.07, 6.45) is 0. The maximum atomic E-state index is 12.5. The first-order chi connectivity index (χ1) is 12.4. The molecule has 3 rings (SSSR count). The summed E-state index contributed by atoms with van der Waals surface area (Å²) in [6.45, 7) is 2.34. The van der Waals surface area contributed by atoms with E-state index in [1.54, 1.807) is 18.2 Å². The molecule has 7 nitrogen and oxygen atoms in total. The minimum Gasteiger partial charge on any atom is -0.481 e. The Labute approximate surface area is 159 Å². The van der Waals surface area contributed by atoms with Gasteiger partial charge in [0.25, 0.3) is 5.91 Å². The first kappa shape index (κ1) is 18.4. The smallest absolute Gasteiger partial charge is 0.308 e. The molecule has 1 aliphatic heterocycles. The minimum atomic E-state index is -0.902. The van der Waals surface area contributed by atoms with Gasteiger partial charge >= 0.3 is 5.97 Å². The number of likely N-dealkylation sites (tertiary alicyclic amines) is 1. The third kappa shape index (κ3) is 3.73. The van der Waals surface area contributed by atoms with Crippen LogP contribution in [-0.2, 0) is 4.79 Å². The molecule has 26 heavy (non-hydrogen) atoms. The van der Waals surface area contributed by atoms with E-state index in [1.807, 2.05) is 6.92 Å².